The van der Waals surface area contributed by atoms with Gasteiger partial charge in [-0.15, -0.1) is 0 Å². The van der Waals surface area contributed by atoms with Gasteiger partial charge in [-0.3, -0.25) is 19.5 Å². The molecule has 1 saturated heterocycles. The molecule has 1 N–H and O–H groups in total. The van der Waals surface area contributed by atoms with Gasteiger partial charge < -0.3 is 5.11 Å². The fourth-order valence-electron chi connectivity index (χ4n) is 3.42. The van der Waals surface area contributed by atoms with Crippen LogP contribution in [0, 0.1) is 6.92 Å². The lowest BCUT2D eigenvalue weighted by Crippen LogP contribution is -2.29. The summed E-state index contributed by atoms with van der Waals surface area (Å²) in [6.45, 7) is 1.93. The Kier molecular flexibility index (Phi) is 5.33. The van der Waals surface area contributed by atoms with E-state index in [1.165, 1.54) is 17.0 Å². The molecule has 5 nitrogen and oxygen atoms in total. The lowest BCUT2D eigenvalue weighted by atomic mass is 9.98. The summed E-state index contributed by atoms with van der Waals surface area (Å²) in [4.78, 5) is 31.7. The zero-order valence-electron chi connectivity index (χ0n) is 15.8. The largest absolute Gasteiger partial charge is 0.507 e. The van der Waals surface area contributed by atoms with Gasteiger partial charge in [0, 0.05) is 17.4 Å². The third-order valence-corrected chi connectivity index (χ3v) is 5.66. The fourth-order valence-corrected chi connectivity index (χ4v) is 3.72. The van der Waals surface area contributed by atoms with Crippen molar-refractivity contribution in [2.45, 2.75) is 13.0 Å². The van der Waals surface area contributed by atoms with E-state index in [-0.39, 0.29) is 21.9 Å². The van der Waals surface area contributed by atoms with Crippen LogP contribution in [0.4, 0.5) is 5.69 Å². The zero-order chi connectivity index (χ0) is 21.4. The Balaban J connectivity index is 1.94. The van der Waals surface area contributed by atoms with Crippen molar-refractivity contribution in [3.05, 3.63) is 99.3 Å². The molecule has 150 valence electrons. The maximum Gasteiger partial charge on any atom is 0.300 e. The monoisotopic (exact) mass is 438 g/mol. The van der Waals surface area contributed by atoms with Crippen LogP contribution >= 0.6 is 23.2 Å². The molecule has 0 bridgehead atoms. The molecule has 1 atom stereocenters. The molecule has 30 heavy (non-hydrogen) atoms. The number of carbonyl (C=O) groups is 2. The van der Waals surface area contributed by atoms with Crippen molar-refractivity contribution in [3.63, 3.8) is 0 Å². The van der Waals surface area contributed by atoms with Crippen molar-refractivity contribution < 1.29 is 14.7 Å². The number of hydrogen-bond donors (Lipinski definition) is 1. The average molecular weight is 439 g/mol. The lowest BCUT2D eigenvalue weighted by Gasteiger charge is -2.24. The number of halogens is 2. The van der Waals surface area contributed by atoms with Gasteiger partial charge in [0.15, 0.2) is 0 Å². The first-order valence-corrected chi connectivity index (χ1v) is 9.88. The number of ketones is 1. The molecule has 0 radical (unpaired) electrons. The second-order valence-electron chi connectivity index (χ2n) is 6.89. The molecular formula is C23H16Cl2N2O3. The first kappa shape index (κ1) is 20.1. The van der Waals surface area contributed by atoms with Crippen molar-refractivity contribution in [2.24, 2.45) is 0 Å². The van der Waals surface area contributed by atoms with E-state index in [1.807, 2.05) is 19.1 Å². The summed E-state index contributed by atoms with van der Waals surface area (Å²) >= 11 is 12.1. The minimum Gasteiger partial charge on any atom is -0.507 e. The molecule has 3 aromatic rings. The van der Waals surface area contributed by atoms with Crippen LogP contribution < -0.4 is 4.90 Å². The minimum atomic E-state index is -0.886. The number of amides is 1. The number of aliphatic hydroxyl groups excluding tert-OH is 1. The van der Waals surface area contributed by atoms with Gasteiger partial charge >= 0.3 is 0 Å². The number of rotatable bonds is 3. The second kappa shape index (κ2) is 7.94. The molecule has 1 amide bonds. The van der Waals surface area contributed by atoms with Crippen LogP contribution in [0.25, 0.3) is 5.76 Å². The van der Waals surface area contributed by atoms with E-state index in [2.05, 4.69) is 4.98 Å². The SMILES string of the molecule is Cc1ccc(N2C(=O)C(=O)/C(=C(\O)c3ccc(Cl)c(Cl)c3)C2c2ccccn2)cc1. The van der Waals surface area contributed by atoms with E-state index in [9.17, 15) is 14.7 Å². The fraction of sp³-hybridized carbons (Fsp3) is 0.0870. The van der Waals surface area contributed by atoms with Crippen molar-refractivity contribution in [2.75, 3.05) is 4.90 Å². The van der Waals surface area contributed by atoms with Crippen molar-refractivity contribution in [1.29, 1.82) is 0 Å². The summed E-state index contributed by atoms with van der Waals surface area (Å²) in [6.07, 6.45) is 1.57. The summed E-state index contributed by atoms with van der Waals surface area (Å²) in [5.74, 6) is -1.87. The highest BCUT2D eigenvalue weighted by molar-refractivity contribution is 6.51. The van der Waals surface area contributed by atoms with E-state index in [0.717, 1.165) is 5.56 Å². The highest BCUT2D eigenvalue weighted by Crippen LogP contribution is 2.41. The summed E-state index contributed by atoms with van der Waals surface area (Å²) in [5.41, 5.74) is 2.23. The quantitative estimate of drug-likeness (QED) is 0.341. The summed E-state index contributed by atoms with van der Waals surface area (Å²) in [6, 6.07) is 16.1. The Morgan fingerprint density at radius 1 is 1.00 bits per heavy atom. The van der Waals surface area contributed by atoms with Gasteiger partial charge in [0.2, 0.25) is 0 Å². The molecule has 1 aliphatic heterocycles. The van der Waals surface area contributed by atoms with Crippen molar-refractivity contribution >= 4 is 46.3 Å². The van der Waals surface area contributed by atoms with Crippen LogP contribution in [0.15, 0.2) is 72.4 Å². The summed E-state index contributed by atoms with van der Waals surface area (Å²) < 4.78 is 0. The standard InChI is InChI=1S/C23H16Cl2N2O3/c1-13-5-8-15(9-6-13)27-20(18-4-2-3-11-26-18)19(22(29)23(27)30)21(28)14-7-10-16(24)17(25)12-14/h2-12,20,28H,1H3/b21-19-. The number of aryl methyl sites for hydroxylation is 1. The number of aromatic nitrogens is 1. The number of carbonyl (C=O) groups excluding carboxylic acids is 2. The molecule has 1 unspecified atom stereocenters. The van der Waals surface area contributed by atoms with E-state index in [0.29, 0.717) is 16.4 Å². The number of benzene rings is 2. The van der Waals surface area contributed by atoms with Crippen molar-refractivity contribution in [3.8, 4) is 0 Å². The third-order valence-electron chi connectivity index (χ3n) is 4.92. The zero-order valence-corrected chi connectivity index (χ0v) is 17.4. The Morgan fingerprint density at radius 3 is 2.37 bits per heavy atom. The molecule has 0 saturated carbocycles. The summed E-state index contributed by atoms with van der Waals surface area (Å²) in [5, 5.41) is 11.6. The maximum atomic E-state index is 13.0. The predicted octanol–water partition coefficient (Wildman–Crippen LogP) is 5.32. The number of hydrogen-bond acceptors (Lipinski definition) is 4. The first-order chi connectivity index (χ1) is 14.4. The third kappa shape index (κ3) is 3.47. The number of aliphatic hydroxyl groups is 1. The number of anilines is 1. The van der Waals surface area contributed by atoms with Gasteiger partial charge in [-0.2, -0.15) is 0 Å². The minimum absolute atomic E-state index is 0.0577. The number of nitrogens with zero attached hydrogens (tertiary/aromatic N) is 2. The Morgan fingerprint density at radius 2 is 1.73 bits per heavy atom. The van der Waals surface area contributed by atoms with Crippen LogP contribution in [0.1, 0.15) is 22.9 Å². The summed E-state index contributed by atoms with van der Waals surface area (Å²) in [7, 11) is 0. The van der Waals surface area contributed by atoms with E-state index in [4.69, 9.17) is 23.2 Å². The Hall–Kier alpha value is -3.15. The van der Waals surface area contributed by atoms with Crippen LogP contribution in [0.5, 0.6) is 0 Å². The molecule has 1 fully saturated rings. The second-order valence-corrected chi connectivity index (χ2v) is 7.70. The highest BCUT2D eigenvalue weighted by Gasteiger charge is 2.47. The topological polar surface area (TPSA) is 70.5 Å². The maximum absolute atomic E-state index is 13.0. The van der Waals surface area contributed by atoms with Gasteiger partial charge in [0.25, 0.3) is 11.7 Å². The van der Waals surface area contributed by atoms with Gasteiger partial charge in [-0.25, -0.2) is 0 Å². The average Bonchev–Trinajstić information content (AvgIpc) is 3.02. The van der Waals surface area contributed by atoms with Crippen LogP contribution in [0.2, 0.25) is 10.0 Å². The van der Waals surface area contributed by atoms with E-state index >= 15 is 0 Å². The molecule has 2 aromatic carbocycles. The van der Waals surface area contributed by atoms with E-state index < -0.39 is 17.7 Å². The highest BCUT2D eigenvalue weighted by atomic mass is 35.5. The molecule has 1 aliphatic rings. The lowest BCUT2D eigenvalue weighted by molar-refractivity contribution is -0.132. The van der Waals surface area contributed by atoms with Crippen LogP contribution in [-0.4, -0.2) is 21.8 Å². The Bertz CT molecular complexity index is 1170. The molecule has 4 rings (SSSR count). The normalized spacial score (nSPS) is 18.1. The molecule has 1 aromatic heterocycles. The smallest absolute Gasteiger partial charge is 0.300 e. The molecule has 7 heteroatoms. The molecule has 0 aliphatic carbocycles. The van der Waals surface area contributed by atoms with E-state index in [1.54, 1.807) is 42.6 Å². The van der Waals surface area contributed by atoms with Crippen molar-refractivity contribution in [1.82, 2.24) is 4.98 Å². The van der Waals surface area contributed by atoms with Gasteiger partial charge in [-0.1, -0.05) is 47.0 Å². The molecular weight excluding hydrogens is 423 g/mol. The van der Waals surface area contributed by atoms with Gasteiger partial charge in [-0.05, 0) is 49.4 Å². The van der Waals surface area contributed by atoms with Gasteiger partial charge in [0.1, 0.15) is 11.8 Å². The van der Waals surface area contributed by atoms with Crippen LogP contribution in [0.3, 0.4) is 0 Å². The Labute approximate surface area is 183 Å². The number of pyridine rings is 1. The van der Waals surface area contributed by atoms with Gasteiger partial charge in [0.05, 0.1) is 21.3 Å². The first-order valence-electron chi connectivity index (χ1n) is 9.12. The predicted molar refractivity (Wildman–Crippen MR) is 117 cm³/mol. The molecule has 2 heterocycles. The number of Topliss-reactive ketones (excluding diaryl/α,β-unsaturated/α-hetero) is 1. The van der Waals surface area contributed by atoms with Crippen LogP contribution in [-0.2, 0) is 9.59 Å². The molecule has 0 spiro atoms.